The summed E-state index contributed by atoms with van der Waals surface area (Å²) in [4.78, 5) is 39.4. The van der Waals surface area contributed by atoms with Crippen LogP contribution in [-0.4, -0.2) is 31.0 Å². The molecule has 0 radical (unpaired) electrons. The molecule has 0 aliphatic rings. The van der Waals surface area contributed by atoms with Crippen molar-refractivity contribution in [1.29, 1.82) is 0 Å². The van der Waals surface area contributed by atoms with Gasteiger partial charge in [-0.2, -0.15) is 0 Å². The van der Waals surface area contributed by atoms with Gasteiger partial charge in [0.05, 0.1) is 28.1 Å². The van der Waals surface area contributed by atoms with Crippen molar-refractivity contribution in [3.05, 3.63) is 68.2 Å². The van der Waals surface area contributed by atoms with Gasteiger partial charge < -0.3 is 14.7 Å². The quantitative estimate of drug-likeness (QED) is 0.436. The Kier molecular flexibility index (Phi) is 5.06. The van der Waals surface area contributed by atoms with Crippen molar-refractivity contribution in [1.82, 2.24) is 9.97 Å². The van der Waals surface area contributed by atoms with E-state index >= 15 is 0 Å². The second-order valence-electron chi connectivity index (χ2n) is 5.98. The highest BCUT2D eigenvalue weighted by Crippen LogP contribution is 2.23. The Morgan fingerprint density at radius 2 is 1.71 bits per heavy atom. The largest absolute Gasteiger partial charge is 0.462 e. The third-order valence-electron chi connectivity index (χ3n) is 3.93. The molecule has 10 heteroatoms. The fourth-order valence-corrected chi connectivity index (χ4v) is 3.98. The van der Waals surface area contributed by atoms with Crippen molar-refractivity contribution in [2.75, 3.05) is 11.3 Å². The van der Waals surface area contributed by atoms with E-state index in [1.54, 1.807) is 13.8 Å². The lowest BCUT2D eigenvalue weighted by molar-refractivity contribution is 0.0526. The number of aromatic amines is 2. The lowest BCUT2D eigenvalue weighted by atomic mass is 10.2. The van der Waals surface area contributed by atoms with Crippen molar-refractivity contribution in [3.8, 4) is 0 Å². The minimum Gasteiger partial charge on any atom is -0.462 e. The van der Waals surface area contributed by atoms with E-state index < -0.39 is 27.1 Å². The summed E-state index contributed by atoms with van der Waals surface area (Å²) in [5.74, 6) is -0.563. The van der Waals surface area contributed by atoms with Crippen LogP contribution in [0.15, 0.2) is 50.9 Å². The molecule has 0 atom stereocenters. The minimum atomic E-state index is -4.03. The van der Waals surface area contributed by atoms with Gasteiger partial charge in [0, 0.05) is 5.69 Å². The number of fused-ring (bicyclic) bond motifs is 1. The van der Waals surface area contributed by atoms with Gasteiger partial charge in [-0.25, -0.2) is 13.2 Å². The summed E-state index contributed by atoms with van der Waals surface area (Å²) in [5, 5.41) is 0. The van der Waals surface area contributed by atoms with Crippen LogP contribution < -0.4 is 15.8 Å². The number of anilines is 1. The Morgan fingerprint density at radius 1 is 1.07 bits per heavy atom. The number of benzene rings is 2. The highest BCUT2D eigenvalue weighted by atomic mass is 32.2. The minimum absolute atomic E-state index is 0.0794. The van der Waals surface area contributed by atoms with E-state index in [0.29, 0.717) is 11.1 Å². The lowest BCUT2D eigenvalue weighted by Gasteiger charge is -2.12. The molecular weight excluding hydrogens is 386 g/mol. The molecule has 0 spiro atoms. The van der Waals surface area contributed by atoms with Crippen LogP contribution in [0.2, 0.25) is 0 Å². The van der Waals surface area contributed by atoms with E-state index in [1.807, 2.05) is 0 Å². The van der Waals surface area contributed by atoms with Crippen molar-refractivity contribution >= 4 is 32.7 Å². The molecular formula is C18H17N3O6S. The van der Waals surface area contributed by atoms with Crippen LogP contribution in [0.3, 0.4) is 0 Å². The number of H-pyrrole nitrogens is 2. The SMILES string of the molecule is CCOC(=O)c1cccc(NS(=O)(=O)c2cc3[nH]c(=O)c(=O)[nH]c3cc2C)c1. The first kappa shape index (κ1) is 19.4. The number of aromatic nitrogens is 2. The van der Waals surface area contributed by atoms with Crippen LogP contribution in [0.5, 0.6) is 0 Å². The van der Waals surface area contributed by atoms with Gasteiger partial charge in [-0.3, -0.25) is 14.3 Å². The molecule has 0 fully saturated rings. The van der Waals surface area contributed by atoms with Gasteiger partial charge in [0.15, 0.2) is 0 Å². The number of sulfonamides is 1. The van der Waals surface area contributed by atoms with E-state index in [4.69, 9.17) is 4.74 Å². The summed E-state index contributed by atoms with van der Waals surface area (Å²) in [6.07, 6.45) is 0. The van der Waals surface area contributed by atoms with Crippen LogP contribution in [0.25, 0.3) is 11.0 Å². The highest BCUT2D eigenvalue weighted by Gasteiger charge is 2.19. The summed E-state index contributed by atoms with van der Waals surface area (Å²) in [6.45, 7) is 3.43. The second-order valence-corrected chi connectivity index (χ2v) is 7.63. The standard InChI is InChI=1S/C18H17N3O6S/c1-3-27-18(24)11-5-4-6-12(8-11)21-28(25,26)15-9-14-13(7-10(15)2)19-16(22)17(23)20-14/h4-9,21H,3H2,1-2H3,(H,19,22)(H,20,23). The fourth-order valence-electron chi connectivity index (χ4n) is 2.68. The Balaban J connectivity index is 2.02. The number of rotatable bonds is 5. The molecule has 2 aromatic carbocycles. The molecule has 1 aromatic heterocycles. The van der Waals surface area contributed by atoms with Crippen molar-refractivity contribution in [2.45, 2.75) is 18.7 Å². The van der Waals surface area contributed by atoms with Crippen LogP contribution in [-0.2, 0) is 14.8 Å². The first-order chi connectivity index (χ1) is 13.2. The number of aryl methyl sites for hydroxylation is 1. The zero-order valence-corrected chi connectivity index (χ0v) is 15.8. The predicted octanol–water partition coefficient (Wildman–Crippen LogP) is 1.50. The molecule has 0 aliphatic heterocycles. The van der Waals surface area contributed by atoms with Crippen LogP contribution >= 0.6 is 0 Å². The van der Waals surface area contributed by atoms with Gasteiger partial charge in [-0.15, -0.1) is 0 Å². The number of esters is 1. The summed E-state index contributed by atoms with van der Waals surface area (Å²) in [7, 11) is -4.03. The second kappa shape index (κ2) is 7.31. The molecule has 0 saturated carbocycles. The summed E-state index contributed by atoms with van der Waals surface area (Å²) in [6, 6.07) is 8.62. The summed E-state index contributed by atoms with van der Waals surface area (Å²) >= 11 is 0. The normalized spacial score (nSPS) is 11.4. The van der Waals surface area contributed by atoms with Gasteiger partial charge in [0.25, 0.3) is 10.0 Å². The van der Waals surface area contributed by atoms with Gasteiger partial charge in [-0.1, -0.05) is 6.07 Å². The Morgan fingerprint density at radius 3 is 2.36 bits per heavy atom. The third-order valence-corrected chi connectivity index (χ3v) is 5.46. The molecule has 28 heavy (non-hydrogen) atoms. The number of ether oxygens (including phenoxy) is 1. The van der Waals surface area contributed by atoms with E-state index in [-0.39, 0.29) is 28.3 Å². The van der Waals surface area contributed by atoms with Gasteiger partial charge in [0.2, 0.25) is 0 Å². The van der Waals surface area contributed by atoms with Crippen LogP contribution in [0.4, 0.5) is 5.69 Å². The van der Waals surface area contributed by atoms with E-state index in [9.17, 15) is 22.8 Å². The van der Waals surface area contributed by atoms with Gasteiger partial charge in [0.1, 0.15) is 0 Å². The molecule has 0 amide bonds. The topological polar surface area (TPSA) is 138 Å². The average Bonchev–Trinajstić information content (AvgIpc) is 2.62. The molecule has 9 nitrogen and oxygen atoms in total. The molecule has 3 rings (SSSR count). The van der Waals surface area contributed by atoms with Gasteiger partial charge >= 0.3 is 17.1 Å². The third kappa shape index (κ3) is 3.81. The maximum atomic E-state index is 12.8. The summed E-state index contributed by atoms with van der Waals surface area (Å²) < 4.78 is 33.0. The van der Waals surface area contributed by atoms with Crippen molar-refractivity contribution in [2.24, 2.45) is 0 Å². The molecule has 0 aliphatic carbocycles. The van der Waals surface area contributed by atoms with Crippen LogP contribution in [0.1, 0.15) is 22.8 Å². The average molecular weight is 403 g/mol. The highest BCUT2D eigenvalue weighted by molar-refractivity contribution is 7.92. The van der Waals surface area contributed by atoms with Gasteiger partial charge in [-0.05, 0) is 49.7 Å². The number of hydrogen-bond donors (Lipinski definition) is 3. The van der Waals surface area contributed by atoms with E-state index in [1.165, 1.54) is 36.4 Å². The number of carbonyl (C=O) groups is 1. The van der Waals surface area contributed by atoms with Crippen LogP contribution in [0, 0.1) is 6.92 Å². The number of hydrogen-bond acceptors (Lipinski definition) is 6. The van der Waals surface area contributed by atoms with Crippen molar-refractivity contribution in [3.63, 3.8) is 0 Å². The first-order valence-electron chi connectivity index (χ1n) is 8.28. The van der Waals surface area contributed by atoms with Crippen molar-refractivity contribution < 1.29 is 17.9 Å². The molecule has 0 bridgehead atoms. The molecule has 0 saturated heterocycles. The first-order valence-corrected chi connectivity index (χ1v) is 9.76. The Labute approximate surface area is 159 Å². The zero-order chi connectivity index (χ0) is 20.5. The summed E-state index contributed by atoms with van der Waals surface area (Å²) in [5.41, 5.74) is -0.462. The monoisotopic (exact) mass is 403 g/mol. The van der Waals surface area contributed by atoms with E-state index in [2.05, 4.69) is 14.7 Å². The predicted molar refractivity (Wildman–Crippen MR) is 103 cm³/mol. The number of nitrogens with one attached hydrogen (secondary N) is 3. The molecule has 3 N–H and O–H groups in total. The van der Waals surface area contributed by atoms with E-state index in [0.717, 1.165) is 0 Å². The lowest BCUT2D eigenvalue weighted by Crippen LogP contribution is -2.29. The molecule has 3 aromatic rings. The molecule has 1 heterocycles. The smallest absolute Gasteiger partial charge is 0.338 e. The zero-order valence-electron chi connectivity index (χ0n) is 15.0. The maximum absolute atomic E-state index is 12.8. The fraction of sp³-hybridized carbons (Fsp3) is 0.167. The Bertz CT molecular complexity index is 1290. The maximum Gasteiger partial charge on any atom is 0.338 e. The molecule has 146 valence electrons. The number of carbonyl (C=O) groups excluding carboxylic acids is 1. The molecule has 0 unspecified atom stereocenters. The Hall–Kier alpha value is -3.40.